The smallest absolute Gasteiger partial charge is 0.335 e. The molecule has 3 rings (SSSR count). The molecule has 0 aliphatic rings. The number of phenols is 1. The van der Waals surface area contributed by atoms with Crippen LogP contribution in [0.1, 0.15) is 16.1 Å². The molecule has 0 fully saturated rings. The van der Waals surface area contributed by atoms with E-state index in [9.17, 15) is 15.0 Å². The highest BCUT2D eigenvalue weighted by molar-refractivity contribution is 6.03. The SMILES string of the molecule is C=CNc1ccc(C(=O)O)cc1-c1c(C)[nH]c2ccc(O)cc12. The summed E-state index contributed by atoms with van der Waals surface area (Å²) in [5.41, 5.74) is 4.30. The van der Waals surface area contributed by atoms with Crippen molar-refractivity contribution >= 4 is 22.6 Å². The van der Waals surface area contributed by atoms with Gasteiger partial charge in [0, 0.05) is 33.4 Å². The largest absolute Gasteiger partial charge is 0.508 e. The first kappa shape index (κ1) is 14.7. The number of fused-ring (bicyclic) bond motifs is 1. The van der Waals surface area contributed by atoms with Crippen LogP contribution in [-0.4, -0.2) is 21.2 Å². The van der Waals surface area contributed by atoms with Gasteiger partial charge in [0.25, 0.3) is 0 Å². The number of aryl methyl sites for hydroxylation is 1. The maximum absolute atomic E-state index is 11.3. The van der Waals surface area contributed by atoms with E-state index >= 15 is 0 Å². The Morgan fingerprint density at radius 1 is 1.26 bits per heavy atom. The van der Waals surface area contributed by atoms with E-state index in [0.29, 0.717) is 0 Å². The van der Waals surface area contributed by atoms with Crippen molar-refractivity contribution in [2.24, 2.45) is 0 Å². The third-order valence-electron chi connectivity index (χ3n) is 3.76. The van der Waals surface area contributed by atoms with Crippen molar-refractivity contribution in [2.45, 2.75) is 6.92 Å². The minimum absolute atomic E-state index is 0.158. The number of hydrogen-bond donors (Lipinski definition) is 4. The van der Waals surface area contributed by atoms with Crippen LogP contribution in [-0.2, 0) is 0 Å². The number of aromatic carboxylic acids is 1. The summed E-state index contributed by atoms with van der Waals surface area (Å²) in [6.07, 6.45) is 1.54. The van der Waals surface area contributed by atoms with Gasteiger partial charge in [-0.25, -0.2) is 4.79 Å². The van der Waals surface area contributed by atoms with Crippen molar-refractivity contribution in [3.63, 3.8) is 0 Å². The zero-order valence-electron chi connectivity index (χ0n) is 12.6. The first-order valence-electron chi connectivity index (χ1n) is 7.07. The molecule has 2 aromatic carbocycles. The van der Waals surface area contributed by atoms with Crippen LogP contribution in [0.3, 0.4) is 0 Å². The molecule has 0 radical (unpaired) electrons. The van der Waals surface area contributed by atoms with Gasteiger partial charge in [-0.05, 0) is 49.5 Å². The number of anilines is 1. The van der Waals surface area contributed by atoms with Gasteiger partial charge < -0.3 is 20.5 Å². The van der Waals surface area contributed by atoms with Gasteiger partial charge in [0.1, 0.15) is 5.75 Å². The second-order valence-corrected chi connectivity index (χ2v) is 5.27. The number of carboxylic acids is 1. The average Bonchev–Trinajstić information content (AvgIpc) is 2.83. The summed E-state index contributed by atoms with van der Waals surface area (Å²) in [6, 6.07) is 9.94. The Balaban J connectivity index is 2.34. The number of carboxylic acid groups (broad SMARTS) is 1. The van der Waals surface area contributed by atoms with Gasteiger partial charge in [-0.3, -0.25) is 0 Å². The lowest BCUT2D eigenvalue weighted by atomic mass is 9.98. The molecule has 0 aliphatic heterocycles. The highest BCUT2D eigenvalue weighted by Crippen LogP contribution is 2.38. The molecule has 0 bridgehead atoms. The molecule has 1 heterocycles. The molecule has 0 atom stereocenters. The monoisotopic (exact) mass is 308 g/mol. The molecule has 0 aliphatic carbocycles. The first-order chi connectivity index (χ1) is 11.0. The summed E-state index contributed by atoms with van der Waals surface area (Å²) >= 11 is 0. The minimum atomic E-state index is -0.989. The molecule has 0 spiro atoms. The maximum Gasteiger partial charge on any atom is 0.335 e. The standard InChI is InChI=1S/C18H16N2O3/c1-3-19-15-6-4-11(18(22)23)8-13(15)17-10(2)20-16-7-5-12(21)9-14(16)17/h3-9,19-21H,1H2,2H3,(H,22,23). The molecule has 23 heavy (non-hydrogen) atoms. The van der Waals surface area contributed by atoms with Crippen LogP contribution in [0.25, 0.3) is 22.0 Å². The van der Waals surface area contributed by atoms with Gasteiger partial charge in [-0.15, -0.1) is 0 Å². The quantitative estimate of drug-likeness (QED) is 0.584. The number of phenolic OH excluding ortho intramolecular Hbond substituents is 1. The molecule has 5 nitrogen and oxygen atoms in total. The Kier molecular flexibility index (Phi) is 3.54. The summed E-state index contributed by atoms with van der Waals surface area (Å²) < 4.78 is 0. The second kappa shape index (κ2) is 5.53. The van der Waals surface area contributed by atoms with E-state index in [1.165, 1.54) is 0 Å². The number of H-pyrrole nitrogens is 1. The molecule has 116 valence electrons. The fourth-order valence-electron chi connectivity index (χ4n) is 2.78. The van der Waals surface area contributed by atoms with Crippen LogP contribution in [0.2, 0.25) is 0 Å². The second-order valence-electron chi connectivity index (χ2n) is 5.27. The van der Waals surface area contributed by atoms with Gasteiger partial charge in [-0.2, -0.15) is 0 Å². The molecule has 3 aromatic rings. The lowest BCUT2D eigenvalue weighted by Gasteiger charge is -2.11. The van der Waals surface area contributed by atoms with Gasteiger partial charge in [0.15, 0.2) is 0 Å². The van der Waals surface area contributed by atoms with E-state index in [0.717, 1.165) is 33.4 Å². The molecular formula is C18H16N2O3. The van der Waals surface area contributed by atoms with Gasteiger partial charge in [-0.1, -0.05) is 6.58 Å². The molecule has 0 saturated carbocycles. The topological polar surface area (TPSA) is 85.4 Å². The molecule has 4 N–H and O–H groups in total. The van der Waals surface area contributed by atoms with Crippen molar-refractivity contribution in [1.82, 2.24) is 4.98 Å². The lowest BCUT2D eigenvalue weighted by molar-refractivity contribution is 0.0697. The van der Waals surface area contributed by atoms with E-state index in [-0.39, 0.29) is 11.3 Å². The third kappa shape index (κ3) is 2.53. The molecule has 0 amide bonds. The Morgan fingerprint density at radius 3 is 2.74 bits per heavy atom. The highest BCUT2D eigenvalue weighted by atomic mass is 16.4. The van der Waals surface area contributed by atoms with Crippen molar-refractivity contribution in [1.29, 1.82) is 0 Å². The Hall–Kier alpha value is -3.21. The predicted octanol–water partition coefficient (Wildman–Crippen LogP) is 4.10. The number of nitrogens with one attached hydrogen (secondary N) is 2. The van der Waals surface area contributed by atoms with Crippen LogP contribution in [0.5, 0.6) is 5.75 Å². The number of aromatic amines is 1. The number of rotatable bonds is 4. The molecule has 0 saturated heterocycles. The first-order valence-corrected chi connectivity index (χ1v) is 7.07. The van der Waals surface area contributed by atoms with Gasteiger partial charge in [0.05, 0.1) is 5.56 Å². The third-order valence-corrected chi connectivity index (χ3v) is 3.76. The maximum atomic E-state index is 11.3. The molecule has 5 heteroatoms. The van der Waals surface area contributed by atoms with E-state index in [1.54, 1.807) is 42.6 Å². The summed E-state index contributed by atoms with van der Waals surface area (Å²) in [6.45, 7) is 5.57. The Morgan fingerprint density at radius 2 is 2.04 bits per heavy atom. The Labute approximate surface area is 132 Å². The highest BCUT2D eigenvalue weighted by Gasteiger charge is 2.16. The zero-order valence-corrected chi connectivity index (χ0v) is 12.6. The van der Waals surface area contributed by atoms with Crippen molar-refractivity contribution in [2.75, 3.05) is 5.32 Å². The number of benzene rings is 2. The number of aromatic hydroxyl groups is 1. The number of carbonyl (C=O) groups is 1. The average molecular weight is 308 g/mol. The van der Waals surface area contributed by atoms with Crippen molar-refractivity contribution in [3.05, 3.63) is 60.4 Å². The Bertz CT molecular complexity index is 925. The van der Waals surface area contributed by atoms with Crippen LogP contribution in [0.4, 0.5) is 5.69 Å². The van der Waals surface area contributed by atoms with E-state index in [1.807, 2.05) is 6.92 Å². The lowest BCUT2D eigenvalue weighted by Crippen LogP contribution is -1.99. The number of hydrogen-bond acceptors (Lipinski definition) is 3. The van der Waals surface area contributed by atoms with E-state index in [2.05, 4.69) is 16.9 Å². The summed E-state index contributed by atoms with van der Waals surface area (Å²) in [4.78, 5) is 14.6. The molecular weight excluding hydrogens is 292 g/mol. The summed E-state index contributed by atoms with van der Waals surface area (Å²) in [7, 11) is 0. The summed E-state index contributed by atoms with van der Waals surface area (Å²) in [5.74, 6) is -0.831. The van der Waals surface area contributed by atoms with Crippen molar-refractivity contribution < 1.29 is 15.0 Å². The number of aromatic nitrogens is 1. The zero-order chi connectivity index (χ0) is 16.6. The van der Waals surface area contributed by atoms with Crippen LogP contribution in [0.15, 0.2) is 49.2 Å². The van der Waals surface area contributed by atoms with Crippen LogP contribution < -0.4 is 5.32 Å². The normalized spacial score (nSPS) is 10.7. The van der Waals surface area contributed by atoms with E-state index in [4.69, 9.17) is 0 Å². The summed E-state index contributed by atoms with van der Waals surface area (Å²) in [5, 5.41) is 22.9. The van der Waals surface area contributed by atoms with Crippen LogP contribution in [0, 0.1) is 6.92 Å². The van der Waals surface area contributed by atoms with Crippen LogP contribution >= 0.6 is 0 Å². The van der Waals surface area contributed by atoms with E-state index < -0.39 is 5.97 Å². The van der Waals surface area contributed by atoms with Gasteiger partial charge in [0.2, 0.25) is 0 Å². The molecule has 0 unspecified atom stereocenters. The molecule has 1 aromatic heterocycles. The fraction of sp³-hybridized carbons (Fsp3) is 0.0556. The van der Waals surface area contributed by atoms with Crippen molar-refractivity contribution in [3.8, 4) is 16.9 Å². The minimum Gasteiger partial charge on any atom is -0.508 e. The fourth-order valence-corrected chi connectivity index (χ4v) is 2.78. The van der Waals surface area contributed by atoms with Gasteiger partial charge >= 0.3 is 5.97 Å². The predicted molar refractivity (Wildman–Crippen MR) is 90.9 cm³/mol.